The van der Waals surface area contributed by atoms with Crippen molar-refractivity contribution >= 4 is 16.0 Å². The highest BCUT2D eigenvalue weighted by Gasteiger charge is 2.25. The molecule has 1 aromatic carbocycles. The number of aromatic nitrogens is 1. The molecule has 0 saturated carbocycles. The van der Waals surface area contributed by atoms with Crippen molar-refractivity contribution < 1.29 is 12.8 Å². The number of nitrogens with zero attached hydrogens (tertiary/aromatic N) is 3. The normalized spacial score (nSPS) is 15.9. The molecule has 1 aliphatic rings. The molecule has 0 spiro atoms. The SMILES string of the molecule is CCNC(=NCc1ccc(S(=O)(=O)N2CCCCC2)cc1)NCc1nc(C)c(C)o1. The first-order valence-corrected chi connectivity index (χ1v) is 11.9. The summed E-state index contributed by atoms with van der Waals surface area (Å²) in [6, 6.07) is 7.00. The molecule has 1 saturated heterocycles. The van der Waals surface area contributed by atoms with Crippen molar-refractivity contribution in [1.82, 2.24) is 19.9 Å². The Labute approximate surface area is 178 Å². The van der Waals surface area contributed by atoms with Crippen LogP contribution in [0.15, 0.2) is 38.6 Å². The Morgan fingerprint density at radius 2 is 1.83 bits per heavy atom. The molecule has 0 unspecified atom stereocenters. The fourth-order valence-electron chi connectivity index (χ4n) is 3.31. The van der Waals surface area contributed by atoms with Crippen LogP contribution in [0.4, 0.5) is 0 Å². The van der Waals surface area contributed by atoms with Gasteiger partial charge in [-0.2, -0.15) is 4.31 Å². The van der Waals surface area contributed by atoms with Crippen molar-refractivity contribution in [2.45, 2.75) is 58.0 Å². The number of rotatable bonds is 7. The van der Waals surface area contributed by atoms with Gasteiger partial charge in [-0.1, -0.05) is 18.6 Å². The third kappa shape index (κ3) is 5.60. The molecule has 164 valence electrons. The summed E-state index contributed by atoms with van der Waals surface area (Å²) >= 11 is 0. The van der Waals surface area contributed by atoms with Gasteiger partial charge in [-0.3, -0.25) is 0 Å². The van der Waals surface area contributed by atoms with E-state index in [1.807, 2.05) is 32.9 Å². The van der Waals surface area contributed by atoms with Gasteiger partial charge in [0.25, 0.3) is 0 Å². The summed E-state index contributed by atoms with van der Waals surface area (Å²) in [5.74, 6) is 2.08. The first-order valence-electron chi connectivity index (χ1n) is 10.4. The van der Waals surface area contributed by atoms with E-state index >= 15 is 0 Å². The molecule has 3 rings (SSSR count). The minimum atomic E-state index is -3.40. The third-order valence-electron chi connectivity index (χ3n) is 5.12. The van der Waals surface area contributed by atoms with Gasteiger partial charge < -0.3 is 15.1 Å². The van der Waals surface area contributed by atoms with E-state index in [4.69, 9.17) is 4.42 Å². The molecule has 8 nitrogen and oxygen atoms in total. The first kappa shape index (κ1) is 22.3. The maximum absolute atomic E-state index is 12.8. The van der Waals surface area contributed by atoms with Crippen LogP contribution in [0.25, 0.3) is 0 Å². The maximum Gasteiger partial charge on any atom is 0.243 e. The van der Waals surface area contributed by atoms with Crippen LogP contribution in [-0.2, 0) is 23.1 Å². The predicted octanol–water partition coefficient (Wildman–Crippen LogP) is 2.72. The second-order valence-electron chi connectivity index (χ2n) is 7.41. The lowest BCUT2D eigenvalue weighted by atomic mass is 10.2. The van der Waals surface area contributed by atoms with Gasteiger partial charge in [0, 0.05) is 19.6 Å². The van der Waals surface area contributed by atoms with E-state index in [0.717, 1.165) is 42.8 Å². The summed E-state index contributed by atoms with van der Waals surface area (Å²) in [6.07, 6.45) is 2.96. The lowest BCUT2D eigenvalue weighted by molar-refractivity contribution is 0.346. The van der Waals surface area contributed by atoms with Gasteiger partial charge in [-0.25, -0.2) is 18.4 Å². The number of aryl methyl sites for hydroxylation is 2. The molecule has 2 N–H and O–H groups in total. The molecular formula is C21H31N5O3S. The van der Waals surface area contributed by atoms with E-state index in [0.29, 0.717) is 42.9 Å². The van der Waals surface area contributed by atoms with E-state index in [9.17, 15) is 8.42 Å². The van der Waals surface area contributed by atoms with Crippen LogP contribution in [-0.4, -0.2) is 43.3 Å². The number of hydrogen-bond donors (Lipinski definition) is 2. The number of nitrogens with one attached hydrogen (secondary N) is 2. The van der Waals surface area contributed by atoms with E-state index in [-0.39, 0.29) is 0 Å². The first-order chi connectivity index (χ1) is 14.4. The monoisotopic (exact) mass is 433 g/mol. The molecule has 0 radical (unpaired) electrons. The summed E-state index contributed by atoms with van der Waals surface area (Å²) in [5, 5.41) is 6.40. The van der Waals surface area contributed by atoms with Crippen molar-refractivity contribution in [2.24, 2.45) is 4.99 Å². The Morgan fingerprint density at radius 1 is 1.13 bits per heavy atom. The van der Waals surface area contributed by atoms with Crippen LogP contribution >= 0.6 is 0 Å². The fraction of sp³-hybridized carbons (Fsp3) is 0.524. The number of benzene rings is 1. The number of piperidine rings is 1. The lowest BCUT2D eigenvalue weighted by Crippen LogP contribution is -2.36. The van der Waals surface area contributed by atoms with Crippen molar-refractivity contribution in [3.63, 3.8) is 0 Å². The van der Waals surface area contributed by atoms with Gasteiger partial charge >= 0.3 is 0 Å². The van der Waals surface area contributed by atoms with E-state index in [2.05, 4.69) is 20.6 Å². The van der Waals surface area contributed by atoms with Crippen LogP contribution in [0.3, 0.4) is 0 Å². The van der Waals surface area contributed by atoms with Crippen LogP contribution in [0.5, 0.6) is 0 Å². The van der Waals surface area contributed by atoms with Crippen LogP contribution < -0.4 is 10.6 Å². The highest BCUT2D eigenvalue weighted by atomic mass is 32.2. The highest BCUT2D eigenvalue weighted by molar-refractivity contribution is 7.89. The summed E-state index contributed by atoms with van der Waals surface area (Å²) < 4.78 is 32.7. The molecule has 1 aromatic heterocycles. The van der Waals surface area contributed by atoms with Crippen molar-refractivity contribution in [3.05, 3.63) is 47.2 Å². The number of sulfonamides is 1. The molecule has 30 heavy (non-hydrogen) atoms. The maximum atomic E-state index is 12.8. The topological polar surface area (TPSA) is 99.8 Å². The van der Waals surface area contributed by atoms with Crippen LogP contribution in [0.2, 0.25) is 0 Å². The molecule has 1 aliphatic heterocycles. The quantitative estimate of drug-likeness (QED) is 0.514. The van der Waals surface area contributed by atoms with Gasteiger partial charge in [-0.05, 0) is 51.3 Å². The average Bonchev–Trinajstić information content (AvgIpc) is 3.08. The van der Waals surface area contributed by atoms with Gasteiger partial charge in [0.2, 0.25) is 15.9 Å². The molecule has 9 heteroatoms. The zero-order valence-electron chi connectivity index (χ0n) is 17.9. The minimum absolute atomic E-state index is 0.344. The zero-order chi connectivity index (χ0) is 21.6. The smallest absolute Gasteiger partial charge is 0.243 e. The standard InChI is InChI=1S/C21H31N5O3S/c1-4-22-21(24-15-20-25-16(2)17(3)29-20)23-14-18-8-10-19(11-9-18)30(27,28)26-12-6-5-7-13-26/h8-11H,4-7,12-15H2,1-3H3,(H2,22,23,24). The molecule has 0 atom stereocenters. The summed E-state index contributed by atoms with van der Waals surface area (Å²) in [4.78, 5) is 9.28. The second-order valence-corrected chi connectivity index (χ2v) is 9.34. The van der Waals surface area contributed by atoms with Gasteiger partial charge in [0.05, 0.1) is 23.7 Å². The van der Waals surface area contributed by atoms with Crippen LogP contribution in [0.1, 0.15) is 49.1 Å². The van der Waals surface area contributed by atoms with E-state index in [1.165, 1.54) is 0 Å². The second kappa shape index (κ2) is 10.1. The molecule has 2 heterocycles. The Hall–Kier alpha value is -2.39. The Morgan fingerprint density at radius 3 is 2.43 bits per heavy atom. The van der Waals surface area contributed by atoms with Gasteiger partial charge in [0.15, 0.2) is 5.96 Å². The zero-order valence-corrected chi connectivity index (χ0v) is 18.8. The Kier molecular flexibility index (Phi) is 7.49. The fourth-order valence-corrected chi connectivity index (χ4v) is 4.82. The van der Waals surface area contributed by atoms with Gasteiger partial charge in [-0.15, -0.1) is 0 Å². The van der Waals surface area contributed by atoms with Crippen molar-refractivity contribution in [3.8, 4) is 0 Å². The van der Waals surface area contributed by atoms with Crippen molar-refractivity contribution in [1.29, 1.82) is 0 Å². The molecule has 1 fully saturated rings. The summed E-state index contributed by atoms with van der Waals surface area (Å²) in [6.45, 7) is 8.61. The number of aliphatic imine (C=N–C) groups is 1. The summed E-state index contributed by atoms with van der Waals surface area (Å²) in [5.41, 5.74) is 1.82. The Bertz CT molecular complexity index is 942. The highest BCUT2D eigenvalue weighted by Crippen LogP contribution is 2.21. The molecule has 0 amide bonds. The lowest BCUT2D eigenvalue weighted by Gasteiger charge is -2.25. The van der Waals surface area contributed by atoms with Crippen LogP contribution in [0, 0.1) is 13.8 Å². The third-order valence-corrected chi connectivity index (χ3v) is 7.03. The largest absolute Gasteiger partial charge is 0.444 e. The van der Waals surface area contributed by atoms with E-state index < -0.39 is 10.0 Å². The molecule has 0 aliphatic carbocycles. The van der Waals surface area contributed by atoms with Gasteiger partial charge in [0.1, 0.15) is 5.76 Å². The minimum Gasteiger partial charge on any atom is -0.444 e. The number of guanidine groups is 1. The molecule has 2 aromatic rings. The average molecular weight is 434 g/mol. The summed E-state index contributed by atoms with van der Waals surface area (Å²) in [7, 11) is -3.40. The molecule has 0 bridgehead atoms. The Balaban J connectivity index is 1.62. The molecular weight excluding hydrogens is 402 g/mol. The van der Waals surface area contributed by atoms with Crippen molar-refractivity contribution in [2.75, 3.05) is 19.6 Å². The predicted molar refractivity (Wildman–Crippen MR) is 117 cm³/mol. The number of hydrogen-bond acceptors (Lipinski definition) is 5. The van der Waals surface area contributed by atoms with E-state index in [1.54, 1.807) is 16.4 Å². The number of oxazole rings is 1.